The van der Waals surface area contributed by atoms with Crippen molar-refractivity contribution in [1.82, 2.24) is 9.47 Å². The van der Waals surface area contributed by atoms with E-state index in [1.165, 1.54) is 16.7 Å². The first-order chi connectivity index (χ1) is 12.6. The lowest BCUT2D eigenvalue weighted by molar-refractivity contribution is -0.132. The zero-order valence-electron chi connectivity index (χ0n) is 14.2. The molecule has 0 spiro atoms. The van der Waals surface area contributed by atoms with Gasteiger partial charge in [-0.25, -0.2) is 9.18 Å². The van der Waals surface area contributed by atoms with Gasteiger partial charge in [0.2, 0.25) is 5.91 Å². The standard InChI is InChI=1S/C20H19FN2O3/c21-15-9-7-14(8-10-15)16-5-3-12-22(16)19(24)11-13-23-17-4-1-2-6-18(17)26-20(23)25/h1-2,4,6-10,16H,3,5,11-13H2. The summed E-state index contributed by atoms with van der Waals surface area (Å²) < 4.78 is 19.9. The summed E-state index contributed by atoms with van der Waals surface area (Å²) in [5.74, 6) is -0.736. The Hall–Kier alpha value is -2.89. The summed E-state index contributed by atoms with van der Waals surface area (Å²) in [5, 5.41) is 0. The highest BCUT2D eigenvalue weighted by atomic mass is 19.1. The van der Waals surface area contributed by atoms with Crippen molar-refractivity contribution in [3.05, 3.63) is 70.5 Å². The van der Waals surface area contributed by atoms with Gasteiger partial charge in [0.15, 0.2) is 5.58 Å². The zero-order valence-corrected chi connectivity index (χ0v) is 14.2. The number of halogens is 1. The summed E-state index contributed by atoms with van der Waals surface area (Å²) in [7, 11) is 0. The second kappa shape index (κ2) is 6.78. The van der Waals surface area contributed by atoms with Gasteiger partial charge in [-0.05, 0) is 42.7 Å². The van der Waals surface area contributed by atoms with Gasteiger partial charge in [0.05, 0.1) is 11.6 Å². The van der Waals surface area contributed by atoms with Crippen LogP contribution in [-0.4, -0.2) is 21.9 Å². The second-order valence-corrected chi connectivity index (χ2v) is 6.53. The molecule has 26 heavy (non-hydrogen) atoms. The van der Waals surface area contributed by atoms with E-state index in [1.54, 1.807) is 24.3 Å². The summed E-state index contributed by atoms with van der Waals surface area (Å²) >= 11 is 0. The summed E-state index contributed by atoms with van der Waals surface area (Å²) in [6.07, 6.45) is 2.01. The molecule has 1 aliphatic rings. The molecule has 5 nitrogen and oxygen atoms in total. The monoisotopic (exact) mass is 354 g/mol. The van der Waals surface area contributed by atoms with E-state index < -0.39 is 5.76 Å². The lowest BCUT2D eigenvalue weighted by Crippen LogP contribution is -2.31. The summed E-state index contributed by atoms with van der Waals surface area (Å²) in [6, 6.07) is 13.5. The van der Waals surface area contributed by atoms with E-state index in [9.17, 15) is 14.0 Å². The summed E-state index contributed by atoms with van der Waals surface area (Å²) in [4.78, 5) is 26.6. The third kappa shape index (κ3) is 3.03. The summed E-state index contributed by atoms with van der Waals surface area (Å²) in [6.45, 7) is 0.962. The van der Waals surface area contributed by atoms with Gasteiger partial charge < -0.3 is 9.32 Å². The van der Waals surface area contributed by atoms with E-state index in [4.69, 9.17) is 4.42 Å². The molecule has 0 bridgehead atoms. The SMILES string of the molecule is O=C(CCn1c(=O)oc2ccccc21)N1CCCC1c1ccc(F)cc1. The number of hydrogen-bond donors (Lipinski definition) is 0. The highest BCUT2D eigenvalue weighted by molar-refractivity contribution is 5.77. The number of oxazole rings is 1. The molecule has 134 valence electrons. The molecule has 1 aromatic heterocycles. The van der Waals surface area contributed by atoms with Crippen molar-refractivity contribution in [2.45, 2.75) is 31.8 Å². The van der Waals surface area contributed by atoms with Gasteiger partial charge in [-0.1, -0.05) is 24.3 Å². The number of aryl methyl sites for hydroxylation is 1. The number of benzene rings is 2. The Morgan fingerprint density at radius 3 is 2.73 bits per heavy atom. The lowest BCUT2D eigenvalue weighted by Gasteiger charge is -2.25. The van der Waals surface area contributed by atoms with E-state index in [0.29, 0.717) is 17.6 Å². The number of fused-ring (bicyclic) bond motifs is 1. The van der Waals surface area contributed by atoms with Gasteiger partial charge in [-0.2, -0.15) is 0 Å². The van der Waals surface area contributed by atoms with Crippen LogP contribution in [0.3, 0.4) is 0 Å². The Bertz CT molecular complexity index is 990. The molecule has 1 saturated heterocycles. The van der Waals surface area contributed by atoms with Crippen LogP contribution in [0.15, 0.2) is 57.7 Å². The van der Waals surface area contributed by atoms with Gasteiger partial charge in [-0.15, -0.1) is 0 Å². The Labute approximate surface area is 149 Å². The van der Waals surface area contributed by atoms with Crippen molar-refractivity contribution in [3.63, 3.8) is 0 Å². The van der Waals surface area contributed by atoms with Crippen molar-refractivity contribution < 1.29 is 13.6 Å². The van der Waals surface area contributed by atoms with Crippen LogP contribution in [0.25, 0.3) is 11.1 Å². The molecule has 1 aliphatic heterocycles. The molecule has 1 amide bonds. The number of carbonyl (C=O) groups excluding carboxylic acids is 1. The maximum Gasteiger partial charge on any atom is 0.419 e. The molecule has 0 N–H and O–H groups in total. The molecule has 2 aromatic carbocycles. The minimum Gasteiger partial charge on any atom is -0.408 e. The van der Waals surface area contributed by atoms with E-state index in [-0.39, 0.29) is 30.7 Å². The maximum atomic E-state index is 13.2. The predicted octanol–water partition coefficient (Wildman–Crippen LogP) is 3.49. The average Bonchev–Trinajstić information content (AvgIpc) is 3.24. The molecule has 1 fully saturated rings. The van der Waals surface area contributed by atoms with Gasteiger partial charge in [-0.3, -0.25) is 9.36 Å². The van der Waals surface area contributed by atoms with E-state index in [1.807, 2.05) is 17.0 Å². The van der Waals surface area contributed by atoms with E-state index in [0.717, 1.165) is 18.4 Å². The van der Waals surface area contributed by atoms with Crippen LogP contribution in [0.2, 0.25) is 0 Å². The normalized spacial score (nSPS) is 17.1. The molecule has 4 rings (SSSR count). The maximum absolute atomic E-state index is 13.2. The number of para-hydroxylation sites is 2. The first-order valence-corrected chi connectivity index (χ1v) is 8.77. The zero-order chi connectivity index (χ0) is 18.1. The molecule has 6 heteroatoms. The van der Waals surface area contributed by atoms with Gasteiger partial charge >= 0.3 is 5.76 Å². The predicted molar refractivity (Wildman–Crippen MR) is 95.2 cm³/mol. The quantitative estimate of drug-likeness (QED) is 0.721. The van der Waals surface area contributed by atoms with Crippen molar-refractivity contribution in [2.75, 3.05) is 6.54 Å². The average molecular weight is 354 g/mol. The van der Waals surface area contributed by atoms with Crippen molar-refractivity contribution in [2.24, 2.45) is 0 Å². The van der Waals surface area contributed by atoms with Gasteiger partial charge in [0.1, 0.15) is 5.82 Å². The molecule has 0 radical (unpaired) electrons. The lowest BCUT2D eigenvalue weighted by atomic mass is 10.0. The van der Waals surface area contributed by atoms with Crippen molar-refractivity contribution >= 4 is 17.0 Å². The number of nitrogens with zero attached hydrogens (tertiary/aromatic N) is 2. The molecular weight excluding hydrogens is 335 g/mol. The van der Waals surface area contributed by atoms with Crippen LogP contribution in [0, 0.1) is 5.82 Å². The van der Waals surface area contributed by atoms with Crippen LogP contribution >= 0.6 is 0 Å². The smallest absolute Gasteiger partial charge is 0.408 e. The Balaban J connectivity index is 1.49. The third-order valence-corrected chi connectivity index (χ3v) is 4.95. The van der Waals surface area contributed by atoms with Crippen LogP contribution in [0.5, 0.6) is 0 Å². The fourth-order valence-corrected chi connectivity index (χ4v) is 3.67. The molecule has 0 saturated carbocycles. The summed E-state index contributed by atoms with van der Waals surface area (Å²) in [5.41, 5.74) is 2.17. The van der Waals surface area contributed by atoms with Crippen molar-refractivity contribution in [1.29, 1.82) is 0 Å². The number of rotatable bonds is 4. The largest absolute Gasteiger partial charge is 0.419 e. The molecule has 1 unspecified atom stereocenters. The Kier molecular flexibility index (Phi) is 4.32. The van der Waals surface area contributed by atoms with E-state index in [2.05, 4.69) is 0 Å². The molecule has 2 heterocycles. The van der Waals surface area contributed by atoms with Gasteiger partial charge in [0.25, 0.3) is 0 Å². The van der Waals surface area contributed by atoms with Crippen LogP contribution in [-0.2, 0) is 11.3 Å². The first kappa shape index (κ1) is 16.6. The molecule has 3 aromatic rings. The fourth-order valence-electron chi connectivity index (χ4n) is 3.67. The number of likely N-dealkylation sites (tertiary alicyclic amines) is 1. The Morgan fingerprint density at radius 2 is 1.92 bits per heavy atom. The topological polar surface area (TPSA) is 55.5 Å². The second-order valence-electron chi connectivity index (χ2n) is 6.53. The highest BCUT2D eigenvalue weighted by Crippen LogP contribution is 2.32. The first-order valence-electron chi connectivity index (χ1n) is 8.77. The van der Waals surface area contributed by atoms with E-state index >= 15 is 0 Å². The van der Waals surface area contributed by atoms with Crippen LogP contribution in [0.1, 0.15) is 30.9 Å². The Morgan fingerprint density at radius 1 is 1.15 bits per heavy atom. The highest BCUT2D eigenvalue weighted by Gasteiger charge is 2.29. The number of aromatic nitrogens is 1. The molecule has 0 aliphatic carbocycles. The van der Waals surface area contributed by atoms with Crippen LogP contribution < -0.4 is 5.76 Å². The van der Waals surface area contributed by atoms with Crippen molar-refractivity contribution in [3.8, 4) is 0 Å². The fraction of sp³-hybridized carbons (Fsp3) is 0.300. The number of carbonyl (C=O) groups is 1. The molecule has 1 atom stereocenters. The molecular formula is C20H19FN2O3. The minimum absolute atomic E-state index is 0.00555. The number of amides is 1. The number of hydrogen-bond acceptors (Lipinski definition) is 3. The minimum atomic E-state index is -0.449. The van der Waals surface area contributed by atoms with Crippen LogP contribution in [0.4, 0.5) is 4.39 Å². The third-order valence-electron chi connectivity index (χ3n) is 4.95. The van der Waals surface area contributed by atoms with Gasteiger partial charge in [0, 0.05) is 19.5 Å².